The largest absolute Gasteiger partial charge is 0.507 e. The van der Waals surface area contributed by atoms with Gasteiger partial charge in [-0.25, -0.2) is 4.79 Å². The Labute approximate surface area is 157 Å². The summed E-state index contributed by atoms with van der Waals surface area (Å²) in [7, 11) is 1.43. The van der Waals surface area contributed by atoms with Crippen LogP contribution in [0.15, 0.2) is 12.1 Å². The number of fused-ring (bicyclic) bond motifs is 1. The number of aryl methyl sites for hydroxylation is 1. The summed E-state index contributed by atoms with van der Waals surface area (Å²) in [6, 6.07) is 2.92. The third kappa shape index (κ3) is 4.93. The molecule has 0 saturated heterocycles. The summed E-state index contributed by atoms with van der Waals surface area (Å²) in [6.45, 7) is 3.48. The van der Waals surface area contributed by atoms with Gasteiger partial charge in [-0.05, 0) is 43.7 Å². The Hall–Kier alpha value is -2.70. The van der Waals surface area contributed by atoms with E-state index < -0.39 is 29.4 Å². The number of cyclic esters (lactones) is 1. The number of ether oxygens (including phenoxy) is 2. The van der Waals surface area contributed by atoms with E-state index in [-0.39, 0.29) is 42.9 Å². The molecule has 146 valence electrons. The van der Waals surface area contributed by atoms with Crippen LogP contribution >= 0.6 is 0 Å². The van der Waals surface area contributed by atoms with Crippen molar-refractivity contribution in [1.29, 1.82) is 0 Å². The Morgan fingerprint density at radius 2 is 1.70 bits per heavy atom. The highest BCUT2D eigenvalue weighted by Gasteiger charge is 2.27. The molecule has 7 heteroatoms. The van der Waals surface area contributed by atoms with Crippen molar-refractivity contribution in [1.82, 2.24) is 0 Å². The fourth-order valence-electron chi connectivity index (χ4n) is 2.97. The van der Waals surface area contributed by atoms with E-state index in [1.807, 2.05) is 0 Å². The van der Waals surface area contributed by atoms with Gasteiger partial charge in [0, 0.05) is 18.9 Å². The van der Waals surface area contributed by atoms with Crippen molar-refractivity contribution in [3.05, 3.63) is 23.3 Å². The number of methoxy groups -OCH3 is 1. The van der Waals surface area contributed by atoms with E-state index in [0.717, 1.165) is 0 Å². The zero-order valence-electron chi connectivity index (χ0n) is 15.7. The van der Waals surface area contributed by atoms with Crippen LogP contribution in [0.4, 0.5) is 0 Å². The summed E-state index contributed by atoms with van der Waals surface area (Å²) < 4.78 is 10.6. The first-order valence-electron chi connectivity index (χ1n) is 8.95. The molecule has 0 radical (unpaired) electrons. The van der Waals surface area contributed by atoms with Crippen molar-refractivity contribution < 1.29 is 33.8 Å². The number of carbonyl (C=O) groups is 4. The minimum absolute atomic E-state index is 0.0294. The average Bonchev–Trinajstić information content (AvgIpc) is 2.63. The molecule has 1 aromatic rings. The second kappa shape index (κ2) is 8.79. The Bertz CT molecular complexity index is 766. The highest BCUT2D eigenvalue weighted by Crippen LogP contribution is 2.31. The third-order valence-electron chi connectivity index (χ3n) is 4.89. The fourth-order valence-corrected chi connectivity index (χ4v) is 2.97. The molecule has 1 aliphatic rings. The van der Waals surface area contributed by atoms with Gasteiger partial charge < -0.3 is 14.6 Å². The van der Waals surface area contributed by atoms with Crippen LogP contribution in [0.2, 0.25) is 0 Å². The first-order valence-corrected chi connectivity index (χ1v) is 8.95. The lowest BCUT2D eigenvalue weighted by molar-refractivity contribution is -0.144. The van der Waals surface area contributed by atoms with E-state index in [9.17, 15) is 24.3 Å². The number of aromatic hydroxyl groups is 1. The van der Waals surface area contributed by atoms with Gasteiger partial charge >= 0.3 is 5.97 Å². The van der Waals surface area contributed by atoms with Crippen LogP contribution in [-0.2, 0) is 25.5 Å². The quantitative estimate of drug-likeness (QED) is 0.592. The predicted octanol–water partition coefficient (Wildman–Crippen LogP) is 2.41. The van der Waals surface area contributed by atoms with Crippen molar-refractivity contribution in [2.24, 2.45) is 5.92 Å². The van der Waals surface area contributed by atoms with Crippen LogP contribution in [0.3, 0.4) is 0 Å². The number of esters is 1. The van der Waals surface area contributed by atoms with Gasteiger partial charge in [-0.3, -0.25) is 14.4 Å². The Balaban J connectivity index is 2.39. The van der Waals surface area contributed by atoms with Crippen LogP contribution in [-0.4, -0.2) is 41.6 Å². The Morgan fingerprint density at radius 1 is 1.04 bits per heavy atom. The summed E-state index contributed by atoms with van der Waals surface area (Å²) in [4.78, 5) is 48.4. The fraction of sp³-hybridized carbons (Fsp3) is 0.500. The van der Waals surface area contributed by atoms with Crippen LogP contribution < -0.4 is 4.74 Å². The molecule has 0 unspecified atom stereocenters. The zero-order chi connectivity index (χ0) is 20.1. The number of Topliss-reactive ketones (excluding diaryl/α,β-unsaturated/α-hetero) is 3. The number of phenolic OH excluding ortho intramolecular Hbond substituents is 1. The molecule has 0 aliphatic carbocycles. The first kappa shape index (κ1) is 20.6. The highest BCUT2D eigenvalue weighted by atomic mass is 16.5. The maximum absolute atomic E-state index is 12.6. The van der Waals surface area contributed by atoms with Crippen LogP contribution in [0.5, 0.6) is 11.5 Å². The molecule has 0 spiro atoms. The molecule has 27 heavy (non-hydrogen) atoms. The minimum Gasteiger partial charge on any atom is -0.507 e. The predicted molar refractivity (Wildman–Crippen MR) is 95.9 cm³/mol. The lowest BCUT2D eigenvalue weighted by atomic mass is 9.94. The number of hydrogen-bond donors (Lipinski definition) is 1. The molecule has 0 fully saturated rings. The summed E-state index contributed by atoms with van der Waals surface area (Å²) >= 11 is 0. The van der Waals surface area contributed by atoms with E-state index in [0.29, 0.717) is 17.7 Å². The topological polar surface area (TPSA) is 107 Å². The van der Waals surface area contributed by atoms with Gasteiger partial charge in [-0.1, -0.05) is 6.92 Å². The van der Waals surface area contributed by atoms with Gasteiger partial charge in [0.1, 0.15) is 23.2 Å². The molecule has 0 bridgehead atoms. The lowest BCUT2D eigenvalue weighted by Gasteiger charge is -2.22. The molecular formula is C20H24O7. The number of carbonyl (C=O) groups excluding carboxylic acids is 4. The van der Waals surface area contributed by atoms with Gasteiger partial charge in [0.05, 0.1) is 7.11 Å². The zero-order valence-corrected chi connectivity index (χ0v) is 15.7. The molecule has 1 N–H and O–H groups in total. The number of rotatable bonds is 1. The van der Waals surface area contributed by atoms with E-state index in [1.165, 1.54) is 13.2 Å². The van der Waals surface area contributed by atoms with Gasteiger partial charge in [0.25, 0.3) is 5.78 Å². The van der Waals surface area contributed by atoms with E-state index in [2.05, 4.69) is 0 Å². The Morgan fingerprint density at radius 3 is 2.37 bits per heavy atom. The van der Waals surface area contributed by atoms with Crippen molar-refractivity contribution >= 4 is 23.3 Å². The van der Waals surface area contributed by atoms with Crippen molar-refractivity contribution in [3.8, 4) is 11.5 Å². The van der Waals surface area contributed by atoms with E-state index in [4.69, 9.17) is 9.47 Å². The number of hydrogen-bond acceptors (Lipinski definition) is 7. The third-order valence-corrected chi connectivity index (χ3v) is 4.89. The molecule has 0 saturated carbocycles. The van der Waals surface area contributed by atoms with Crippen LogP contribution in [0.1, 0.15) is 55.5 Å². The summed E-state index contributed by atoms with van der Waals surface area (Å²) in [5.41, 5.74) is 0.488. The molecular weight excluding hydrogens is 352 g/mol. The molecule has 7 nitrogen and oxygen atoms in total. The van der Waals surface area contributed by atoms with Gasteiger partial charge in [0.15, 0.2) is 0 Å². The first-order chi connectivity index (χ1) is 12.7. The number of ketones is 3. The molecule has 0 amide bonds. The van der Waals surface area contributed by atoms with Crippen molar-refractivity contribution in [3.63, 3.8) is 0 Å². The normalized spacial score (nSPS) is 22.6. The number of benzene rings is 1. The van der Waals surface area contributed by atoms with Crippen molar-refractivity contribution in [2.75, 3.05) is 7.11 Å². The molecule has 2 rings (SSSR count). The van der Waals surface area contributed by atoms with Crippen molar-refractivity contribution in [2.45, 2.75) is 52.1 Å². The minimum atomic E-state index is -0.974. The maximum atomic E-state index is 12.6. The Kier molecular flexibility index (Phi) is 6.71. The summed E-state index contributed by atoms with van der Waals surface area (Å²) in [5, 5.41) is 10.3. The number of phenols is 1. The van der Waals surface area contributed by atoms with Crippen LogP contribution in [0, 0.1) is 5.92 Å². The molecule has 2 atom stereocenters. The molecule has 1 aliphatic heterocycles. The summed E-state index contributed by atoms with van der Waals surface area (Å²) in [6.07, 6.45) is 0.0975. The lowest BCUT2D eigenvalue weighted by Crippen LogP contribution is -2.27. The average molecular weight is 376 g/mol. The maximum Gasteiger partial charge on any atom is 0.342 e. The SMILES string of the molecule is COc1cc(O)c2c(c1)CCCC(=O)C(=O)C(=O)CC[C@H](C)[C@H](C)OC2=O. The summed E-state index contributed by atoms with van der Waals surface area (Å²) in [5.74, 6) is -3.19. The smallest absolute Gasteiger partial charge is 0.342 e. The molecule has 1 heterocycles. The highest BCUT2D eigenvalue weighted by molar-refractivity contribution is 6.63. The van der Waals surface area contributed by atoms with E-state index >= 15 is 0 Å². The van der Waals surface area contributed by atoms with Crippen LogP contribution in [0.25, 0.3) is 0 Å². The van der Waals surface area contributed by atoms with E-state index in [1.54, 1.807) is 19.9 Å². The van der Waals surface area contributed by atoms with Gasteiger partial charge in [-0.15, -0.1) is 0 Å². The second-order valence-corrected chi connectivity index (χ2v) is 6.84. The molecule has 1 aromatic carbocycles. The van der Waals surface area contributed by atoms with Gasteiger partial charge in [-0.2, -0.15) is 0 Å². The molecule has 0 aromatic heterocycles. The second-order valence-electron chi connectivity index (χ2n) is 6.84. The van der Waals surface area contributed by atoms with Gasteiger partial charge in [0.2, 0.25) is 11.6 Å². The standard InChI is InChI=1S/C20H24O7/c1-11-7-8-16(22)19(24)15(21)6-4-5-13-9-14(26-3)10-17(23)18(13)20(25)27-12(11)2/h9-12,23H,4-8H2,1-3H3/t11-,12-/m0/s1. The monoisotopic (exact) mass is 376 g/mol.